The number of benzene rings is 3. The fraction of sp³-hybridized carbons (Fsp3) is 0.154. The Hall–Kier alpha value is -4.40. The highest BCUT2D eigenvalue weighted by Gasteiger charge is 2.22. The Bertz CT molecular complexity index is 1560. The number of hydrogen-bond donors (Lipinski definition) is 2. The molecule has 1 amide bonds. The molecular weight excluding hydrogens is 454 g/mol. The molecule has 35 heavy (non-hydrogen) atoms. The zero-order valence-electron chi connectivity index (χ0n) is 18.7. The summed E-state index contributed by atoms with van der Waals surface area (Å²) >= 11 is 0. The van der Waals surface area contributed by atoms with E-state index in [0.29, 0.717) is 39.7 Å². The first-order valence-corrected chi connectivity index (χ1v) is 11.0. The lowest BCUT2D eigenvalue weighted by atomic mass is 9.97. The van der Waals surface area contributed by atoms with Gasteiger partial charge < -0.3 is 4.74 Å². The summed E-state index contributed by atoms with van der Waals surface area (Å²) in [5.41, 5.74) is 2.26. The van der Waals surface area contributed by atoms with Crippen LogP contribution in [-0.4, -0.2) is 28.7 Å². The maximum atomic E-state index is 14.9. The van der Waals surface area contributed by atoms with E-state index in [9.17, 15) is 18.4 Å². The lowest BCUT2D eigenvalue weighted by Crippen LogP contribution is -2.31. The van der Waals surface area contributed by atoms with Gasteiger partial charge in [-0.15, -0.1) is 0 Å². The minimum Gasteiger partial charge on any atom is -0.450 e. The maximum absolute atomic E-state index is 14.9. The number of H-pyrrole nitrogens is 1. The summed E-state index contributed by atoms with van der Waals surface area (Å²) in [6.45, 7) is 1.87. The van der Waals surface area contributed by atoms with E-state index in [-0.39, 0.29) is 30.0 Å². The standard InChI is InChI=1S/C26H20F2N4O3/c1-2-35-26(34)30-24-13-19-21(28)11-15(12-22(19)29-24)18-9-14(7-8-20(18)27)10-23-16-5-3-4-6-17(16)25(33)32-31-23/h3-9,11-12H,2,10,13H2,1H3,(H,32,33)(H,29,30,34). The van der Waals surface area contributed by atoms with Gasteiger partial charge in [-0.3, -0.25) is 10.1 Å². The van der Waals surface area contributed by atoms with E-state index in [2.05, 4.69) is 20.5 Å². The van der Waals surface area contributed by atoms with Crippen LogP contribution in [0.15, 0.2) is 64.4 Å². The van der Waals surface area contributed by atoms with Crippen molar-refractivity contribution in [3.8, 4) is 11.1 Å². The van der Waals surface area contributed by atoms with Gasteiger partial charge in [-0.2, -0.15) is 5.10 Å². The van der Waals surface area contributed by atoms with Crippen LogP contribution in [0, 0.1) is 11.6 Å². The summed E-state index contributed by atoms with van der Waals surface area (Å²) in [6.07, 6.45) is -0.223. The minimum atomic E-state index is -0.665. The Morgan fingerprint density at radius 1 is 1.09 bits per heavy atom. The number of rotatable bonds is 4. The summed E-state index contributed by atoms with van der Waals surface area (Å²) < 4.78 is 34.6. The molecule has 0 fully saturated rings. The number of nitrogens with zero attached hydrogens (tertiary/aromatic N) is 2. The highest BCUT2D eigenvalue weighted by Crippen LogP contribution is 2.35. The van der Waals surface area contributed by atoms with Crippen LogP contribution in [0.2, 0.25) is 0 Å². The van der Waals surface area contributed by atoms with Gasteiger partial charge in [0.05, 0.1) is 23.4 Å². The monoisotopic (exact) mass is 474 g/mol. The first kappa shape index (κ1) is 22.4. The van der Waals surface area contributed by atoms with Crippen LogP contribution in [0.4, 0.5) is 19.3 Å². The highest BCUT2D eigenvalue weighted by molar-refractivity contribution is 6.01. The predicted octanol–water partition coefficient (Wildman–Crippen LogP) is 4.79. The van der Waals surface area contributed by atoms with Crippen LogP contribution in [0.5, 0.6) is 0 Å². The molecule has 9 heteroatoms. The number of nitrogens with one attached hydrogen (secondary N) is 2. The Balaban J connectivity index is 1.48. The number of amidine groups is 1. The van der Waals surface area contributed by atoms with E-state index in [1.54, 1.807) is 37.3 Å². The van der Waals surface area contributed by atoms with Crippen molar-refractivity contribution in [1.29, 1.82) is 0 Å². The van der Waals surface area contributed by atoms with Crippen molar-refractivity contribution >= 4 is 28.4 Å². The van der Waals surface area contributed by atoms with Crippen molar-refractivity contribution in [2.75, 3.05) is 6.61 Å². The van der Waals surface area contributed by atoms with Crippen LogP contribution in [-0.2, 0) is 17.6 Å². The van der Waals surface area contributed by atoms with Gasteiger partial charge in [0, 0.05) is 29.4 Å². The van der Waals surface area contributed by atoms with Gasteiger partial charge in [0.2, 0.25) is 0 Å². The first-order chi connectivity index (χ1) is 16.9. The third-order valence-electron chi connectivity index (χ3n) is 5.78. The molecule has 2 N–H and O–H groups in total. The largest absolute Gasteiger partial charge is 0.450 e. The van der Waals surface area contributed by atoms with Crippen LogP contribution in [0.1, 0.15) is 23.7 Å². The number of carbonyl (C=O) groups is 1. The van der Waals surface area contributed by atoms with E-state index >= 15 is 0 Å². The minimum absolute atomic E-state index is 0.105. The fourth-order valence-corrected chi connectivity index (χ4v) is 4.17. The normalized spacial score (nSPS) is 12.4. The van der Waals surface area contributed by atoms with Gasteiger partial charge >= 0.3 is 6.09 Å². The molecule has 0 saturated carbocycles. The smallest absolute Gasteiger partial charge is 0.412 e. The van der Waals surface area contributed by atoms with Gasteiger partial charge in [0.1, 0.15) is 17.5 Å². The molecule has 0 bridgehead atoms. The number of alkyl carbamates (subject to hydrolysis) is 1. The van der Waals surface area contributed by atoms with Crippen molar-refractivity contribution in [3.05, 3.63) is 93.4 Å². The number of amides is 1. The Morgan fingerprint density at radius 3 is 2.69 bits per heavy atom. The Labute approximate surface area is 198 Å². The van der Waals surface area contributed by atoms with Crippen LogP contribution in [0.25, 0.3) is 21.9 Å². The molecule has 1 aliphatic heterocycles. The van der Waals surface area contributed by atoms with Gasteiger partial charge in [0.25, 0.3) is 5.56 Å². The van der Waals surface area contributed by atoms with Crippen molar-refractivity contribution in [2.24, 2.45) is 4.99 Å². The topological polar surface area (TPSA) is 96.4 Å². The number of fused-ring (bicyclic) bond motifs is 2. The summed E-state index contributed by atoms with van der Waals surface area (Å²) in [6, 6.07) is 14.6. The van der Waals surface area contributed by atoms with Gasteiger partial charge in [-0.25, -0.2) is 23.7 Å². The molecule has 1 aromatic heterocycles. The van der Waals surface area contributed by atoms with Crippen molar-refractivity contribution < 1.29 is 18.3 Å². The molecule has 2 heterocycles. The number of halogens is 2. The molecular formula is C26H20F2N4O3. The molecule has 4 aromatic rings. The fourth-order valence-electron chi connectivity index (χ4n) is 4.17. The molecule has 176 valence electrons. The second kappa shape index (κ2) is 9.09. The van der Waals surface area contributed by atoms with Crippen LogP contribution >= 0.6 is 0 Å². The summed E-state index contributed by atoms with van der Waals surface area (Å²) in [4.78, 5) is 28.0. The first-order valence-electron chi connectivity index (χ1n) is 11.0. The number of aromatic amines is 1. The predicted molar refractivity (Wildman–Crippen MR) is 128 cm³/mol. The molecule has 0 spiro atoms. The zero-order valence-corrected chi connectivity index (χ0v) is 18.7. The number of aromatic nitrogens is 2. The van der Waals surface area contributed by atoms with Crippen LogP contribution in [0.3, 0.4) is 0 Å². The maximum Gasteiger partial charge on any atom is 0.412 e. The number of aliphatic imine (C=N–C) groups is 1. The third kappa shape index (κ3) is 4.40. The van der Waals surface area contributed by atoms with E-state index in [1.807, 2.05) is 12.1 Å². The molecule has 0 radical (unpaired) electrons. The lowest BCUT2D eigenvalue weighted by molar-refractivity contribution is 0.157. The lowest BCUT2D eigenvalue weighted by Gasteiger charge is -2.10. The third-order valence-corrected chi connectivity index (χ3v) is 5.78. The molecule has 0 unspecified atom stereocenters. The molecule has 3 aromatic carbocycles. The van der Waals surface area contributed by atoms with Crippen molar-refractivity contribution in [2.45, 2.75) is 19.8 Å². The van der Waals surface area contributed by atoms with Crippen LogP contribution < -0.4 is 10.9 Å². The number of ether oxygens (including phenoxy) is 1. The zero-order chi connectivity index (χ0) is 24.5. The van der Waals surface area contributed by atoms with E-state index in [4.69, 9.17) is 4.74 Å². The number of carbonyl (C=O) groups excluding carboxylic acids is 1. The quantitative estimate of drug-likeness (QED) is 0.445. The van der Waals surface area contributed by atoms with Gasteiger partial charge in [0.15, 0.2) is 0 Å². The SMILES string of the molecule is CCOC(=O)NC1=Nc2cc(-c3cc(Cc4n[nH]c(=O)c5ccccc45)ccc3F)cc(F)c2C1. The Kier molecular flexibility index (Phi) is 5.82. The van der Waals surface area contributed by atoms with E-state index in [1.165, 1.54) is 12.1 Å². The van der Waals surface area contributed by atoms with Gasteiger partial charge in [-0.05, 0) is 48.4 Å². The van der Waals surface area contributed by atoms with Crippen molar-refractivity contribution in [3.63, 3.8) is 0 Å². The molecule has 7 nitrogen and oxygen atoms in total. The molecule has 0 aliphatic carbocycles. The summed E-state index contributed by atoms with van der Waals surface area (Å²) in [7, 11) is 0. The second-order valence-corrected chi connectivity index (χ2v) is 8.07. The van der Waals surface area contributed by atoms with E-state index in [0.717, 1.165) is 5.56 Å². The van der Waals surface area contributed by atoms with E-state index < -0.39 is 17.7 Å². The average molecular weight is 474 g/mol. The molecule has 5 rings (SSSR count). The van der Waals surface area contributed by atoms with Gasteiger partial charge in [-0.1, -0.05) is 24.3 Å². The molecule has 1 aliphatic rings. The highest BCUT2D eigenvalue weighted by atomic mass is 19.1. The Morgan fingerprint density at radius 2 is 1.89 bits per heavy atom. The summed E-state index contributed by atoms with van der Waals surface area (Å²) in [5, 5.41) is 10.4. The molecule has 0 atom stereocenters. The summed E-state index contributed by atoms with van der Waals surface area (Å²) in [5.74, 6) is -0.793. The van der Waals surface area contributed by atoms with Crippen molar-refractivity contribution in [1.82, 2.24) is 15.5 Å². The second-order valence-electron chi connectivity index (χ2n) is 8.07. The average Bonchev–Trinajstić information content (AvgIpc) is 3.25. The molecule has 0 saturated heterocycles. The number of hydrogen-bond acceptors (Lipinski definition) is 5.